The number of nitrogens with one attached hydrogen (secondary N) is 2. The third-order valence-electron chi connectivity index (χ3n) is 2.95. The predicted molar refractivity (Wildman–Crippen MR) is 82.9 cm³/mol. The Labute approximate surface area is 116 Å². The van der Waals surface area contributed by atoms with Gasteiger partial charge in [0.05, 0.1) is 5.71 Å². The van der Waals surface area contributed by atoms with Crippen molar-refractivity contribution >= 4 is 23.0 Å². The van der Waals surface area contributed by atoms with E-state index < -0.39 is 0 Å². The molecule has 3 nitrogen and oxygen atoms in total. The van der Waals surface area contributed by atoms with Crippen LogP contribution in [0.5, 0.6) is 0 Å². The molecule has 0 bridgehead atoms. The predicted octanol–water partition coefficient (Wildman–Crippen LogP) is 3.37. The molecule has 0 fully saturated rings. The van der Waals surface area contributed by atoms with E-state index in [2.05, 4.69) is 49.6 Å². The van der Waals surface area contributed by atoms with Crippen LogP contribution in [-0.2, 0) is 0 Å². The van der Waals surface area contributed by atoms with E-state index in [1.54, 1.807) is 0 Å². The van der Waals surface area contributed by atoms with Crippen LogP contribution in [0.1, 0.15) is 53.4 Å². The number of hydrogen-bond donors (Lipinski definition) is 2. The minimum Gasteiger partial charge on any atom is -0.361 e. The zero-order chi connectivity index (χ0) is 13.6. The molecule has 0 radical (unpaired) electrons. The van der Waals surface area contributed by atoms with E-state index in [1.807, 2.05) is 0 Å². The summed E-state index contributed by atoms with van der Waals surface area (Å²) in [5.41, 5.74) is 5.71. The van der Waals surface area contributed by atoms with Gasteiger partial charge in [-0.3, -0.25) is 5.43 Å². The Balaban J connectivity index is 2.47. The number of rotatable bonds is 4. The van der Waals surface area contributed by atoms with E-state index in [9.17, 15) is 0 Å². The summed E-state index contributed by atoms with van der Waals surface area (Å²) in [5.74, 6) is 0. The standard InChI is InChI=1S/C14H25N3S/c1-5-6-7-15-13(18)17-16-12-8-11(2)9-14(3,4)10-12/h8H,5-7,9-10H2,1-4H3,(H2,15,17,18)/b16-12+. The molecule has 0 aliphatic heterocycles. The summed E-state index contributed by atoms with van der Waals surface area (Å²) in [7, 11) is 0. The molecule has 1 aliphatic rings. The fourth-order valence-corrected chi connectivity index (χ4v) is 2.45. The van der Waals surface area contributed by atoms with Crippen LogP contribution >= 0.6 is 12.2 Å². The molecular formula is C14H25N3S. The second-order valence-corrected chi connectivity index (χ2v) is 6.24. The maximum absolute atomic E-state index is 5.17. The zero-order valence-electron chi connectivity index (χ0n) is 12.0. The topological polar surface area (TPSA) is 36.4 Å². The largest absolute Gasteiger partial charge is 0.361 e. The molecule has 0 heterocycles. The molecule has 1 rings (SSSR count). The summed E-state index contributed by atoms with van der Waals surface area (Å²) < 4.78 is 0. The second-order valence-electron chi connectivity index (χ2n) is 5.83. The van der Waals surface area contributed by atoms with Gasteiger partial charge in [0, 0.05) is 6.54 Å². The molecule has 0 aromatic rings. The normalized spacial score (nSPS) is 20.4. The van der Waals surface area contributed by atoms with E-state index in [4.69, 9.17) is 12.2 Å². The minimum absolute atomic E-state index is 0.302. The van der Waals surface area contributed by atoms with Gasteiger partial charge >= 0.3 is 0 Å². The van der Waals surface area contributed by atoms with Gasteiger partial charge in [-0.15, -0.1) is 0 Å². The zero-order valence-corrected chi connectivity index (χ0v) is 12.8. The Hall–Kier alpha value is -0.900. The van der Waals surface area contributed by atoms with Gasteiger partial charge in [-0.1, -0.05) is 32.8 Å². The molecule has 0 aromatic carbocycles. The van der Waals surface area contributed by atoms with Crippen LogP contribution in [0.2, 0.25) is 0 Å². The summed E-state index contributed by atoms with van der Waals surface area (Å²) >= 11 is 5.17. The first-order valence-corrected chi connectivity index (χ1v) is 7.11. The highest BCUT2D eigenvalue weighted by Crippen LogP contribution is 2.33. The Morgan fingerprint density at radius 3 is 2.78 bits per heavy atom. The molecule has 0 aromatic heterocycles. The summed E-state index contributed by atoms with van der Waals surface area (Å²) in [6.45, 7) is 9.78. The SMILES string of the molecule is CCCCNC(=S)N/N=C1\C=C(C)CC(C)(C)C1. The summed E-state index contributed by atoms with van der Waals surface area (Å²) in [6, 6.07) is 0. The lowest BCUT2D eigenvalue weighted by atomic mass is 9.77. The number of nitrogens with zero attached hydrogens (tertiary/aromatic N) is 1. The van der Waals surface area contributed by atoms with Gasteiger partial charge in [-0.25, -0.2) is 0 Å². The van der Waals surface area contributed by atoms with Crippen molar-refractivity contribution in [2.75, 3.05) is 6.54 Å². The second kappa shape index (κ2) is 6.88. The van der Waals surface area contributed by atoms with Crippen LogP contribution in [0.4, 0.5) is 0 Å². The first kappa shape index (κ1) is 15.2. The van der Waals surface area contributed by atoms with Gasteiger partial charge in [-0.05, 0) is 49.9 Å². The molecule has 1 aliphatic carbocycles. The van der Waals surface area contributed by atoms with Crippen LogP contribution < -0.4 is 10.7 Å². The van der Waals surface area contributed by atoms with E-state index in [-0.39, 0.29) is 0 Å². The lowest BCUT2D eigenvalue weighted by molar-refractivity contribution is 0.373. The van der Waals surface area contributed by atoms with Crippen molar-refractivity contribution < 1.29 is 0 Å². The van der Waals surface area contributed by atoms with Gasteiger partial charge in [0.25, 0.3) is 0 Å². The highest BCUT2D eigenvalue weighted by Gasteiger charge is 2.24. The molecule has 0 spiro atoms. The van der Waals surface area contributed by atoms with E-state index in [0.717, 1.165) is 31.5 Å². The number of allylic oxidation sites excluding steroid dienone is 2. The van der Waals surface area contributed by atoms with Crippen LogP contribution in [-0.4, -0.2) is 17.4 Å². The van der Waals surface area contributed by atoms with Crippen molar-refractivity contribution in [2.24, 2.45) is 10.5 Å². The van der Waals surface area contributed by atoms with Crippen LogP contribution in [0, 0.1) is 5.41 Å². The average molecular weight is 267 g/mol. The maximum atomic E-state index is 5.17. The quantitative estimate of drug-likeness (QED) is 0.466. The van der Waals surface area contributed by atoms with Crippen LogP contribution in [0.25, 0.3) is 0 Å². The van der Waals surface area contributed by atoms with Crippen LogP contribution in [0.15, 0.2) is 16.8 Å². The molecular weight excluding hydrogens is 242 g/mol. The highest BCUT2D eigenvalue weighted by molar-refractivity contribution is 7.80. The molecule has 0 unspecified atom stereocenters. The van der Waals surface area contributed by atoms with Crippen molar-refractivity contribution in [2.45, 2.75) is 53.4 Å². The van der Waals surface area contributed by atoms with E-state index in [0.29, 0.717) is 10.5 Å². The fourth-order valence-electron chi connectivity index (χ4n) is 2.31. The molecule has 0 amide bonds. The third-order valence-corrected chi connectivity index (χ3v) is 3.18. The van der Waals surface area contributed by atoms with E-state index >= 15 is 0 Å². The number of hydrazone groups is 1. The summed E-state index contributed by atoms with van der Waals surface area (Å²) in [5, 5.41) is 8.16. The monoisotopic (exact) mass is 267 g/mol. The molecule has 2 N–H and O–H groups in total. The van der Waals surface area contributed by atoms with Crippen molar-refractivity contribution in [3.8, 4) is 0 Å². The van der Waals surface area contributed by atoms with Crippen molar-refractivity contribution in [3.05, 3.63) is 11.6 Å². The highest BCUT2D eigenvalue weighted by atomic mass is 32.1. The molecule has 0 saturated carbocycles. The number of unbranched alkanes of at least 4 members (excludes halogenated alkanes) is 1. The Morgan fingerprint density at radius 2 is 2.17 bits per heavy atom. The van der Waals surface area contributed by atoms with Crippen LogP contribution in [0.3, 0.4) is 0 Å². The molecule has 4 heteroatoms. The van der Waals surface area contributed by atoms with Crippen molar-refractivity contribution in [1.82, 2.24) is 10.7 Å². The maximum Gasteiger partial charge on any atom is 0.186 e. The Kier molecular flexibility index (Phi) is 5.79. The number of thiocarbonyl (C=S) groups is 1. The lowest BCUT2D eigenvalue weighted by Crippen LogP contribution is -2.34. The summed E-state index contributed by atoms with van der Waals surface area (Å²) in [6.07, 6.45) is 6.59. The van der Waals surface area contributed by atoms with Gasteiger partial charge in [0.15, 0.2) is 5.11 Å². The smallest absolute Gasteiger partial charge is 0.186 e. The van der Waals surface area contributed by atoms with Gasteiger partial charge in [0.1, 0.15) is 0 Å². The first-order chi connectivity index (χ1) is 8.43. The molecule has 0 saturated heterocycles. The van der Waals surface area contributed by atoms with Crippen molar-refractivity contribution in [3.63, 3.8) is 0 Å². The first-order valence-electron chi connectivity index (χ1n) is 6.70. The Morgan fingerprint density at radius 1 is 1.44 bits per heavy atom. The van der Waals surface area contributed by atoms with Gasteiger partial charge < -0.3 is 5.32 Å². The van der Waals surface area contributed by atoms with Gasteiger partial charge in [-0.2, -0.15) is 5.10 Å². The third kappa shape index (κ3) is 5.63. The Bertz CT molecular complexity index is 356. The van der Waals surface area contributed by atoms with Gasteiger partial charge in [0.2, 0.25) is 0 Å². The molecule has 0 atom stereocenters. The van der Waals surface area contributed by atoms with E-state index in [1.165, 1.54) is 12.0 Å². The molecule has 18 heavy (non-hydrogen) atoms. The summed E-state index contributed by atoms with van der Waals surface area (Å²) in [4.78, 5) is 0. The van der Waals surface area contributed by atoms with Crippen molar-refractivity contribution in [1.29, 1.82) is 0 Å². The fraction of sp³-hybridized carbons (Fsp3) is 0.714. The minimum atomic E-state index is 0.302. The average Bonchev–Trinajstić information content (AvgIpc) is 2.24. The lowest BCUT2D eigenvalue weighted by Gasteiger charge is -2.29. The molecule has 102 valence electrons. The number of hydrogen-bond acceptors (Lipinski definition) is 2.